The van der Waals surface area contributed by atoms with Crippen molar-refractivity contribution in [1.82, 2.24) is 9.88 Å². The van der Waals surface area contributed by atoms with Gasteiger partial charge in [0.05, 0.1) is 18.2 Å². The number of carbonyl (C=O) groups excluding carboxylic acids is 1. The van der Waals surface area contributed by atoms with E-state index in [1.54, 1.807) is 0 Å². The van der Waals surface area contributed by atoms with Gasteiger partial charge in [-0.15, -0.1) is 0 Å². The predicted octanol–water partition coefficient (Wildman–Crippen LogP) is -0.398. The number of hydrogen-bond donors (Lipinski definition) is 4. The van der Waals surface area contributed by atoms with Crippen molar-refractivity contribution < 1.29 is 15.0 Å². The van der Waals surface area contributed by atoms with Crippen LogP contribution in [0, 0.1) is 0 Å². The van der Waals surface area contributed by atoms with Crippen molar-refractivity contribution in [3.63, 3.8) is 0 Å². The van der Waals surface area contributed by atoms with Gasteiger partial charge in [0.2, 0.25) is 5.91 Å². The Labute approximate surface area is 122 Å². The van der Waals surface area contributed by atoms with Crippen molar-refractivity contribution in [1.29, 1.82) is 0 Å². The highest BCUT2D eigenvalue weighted by atomic mass is 16.3. The Morgan fingerprint density at radius 1 is 1.33 bits per heavy atom. The van der Waals surface area contributed by atoms with E-state index in [0.29, 0.717) is 6.42 Å². The molecule has 6 heteroatoms. The lowest BCUT2D eigenvalue weighted by Crippen LogP contribution is -2.44. The number of para-hydroxylation sites is 1. The molecule has 112 valence electrons. The van der Waals surface area contributed by atoms with Crippen molar-refractivity contribution >= 4 is 16.8 Å². The normalized spacial score (nSPS) is 23.7. The van der Waals surface area contributed by atoms with Gasteiger partial charge in [0, 0.05) is 30.2 Å². The highest BCUT2D eigenvalue weighted by Gasteiger charge is 2.34. The number of nitrogens with two attached hydrogens (primary N) is 1. The first kappa shape index (κ1) is 14.1. The lowest BCUT2D eigenvalue weighted by molar-refractivity contribution is -0.132. The van der Waals surface area contributed by atoms with E-state index >= 15 is 0 Å². The van der Waals surface area contributed by atoms with Gasteiger partial charge in [0.1, 0.15) is 0 Å². The lowest BCUT2D eigenvalue weighted by atomic mass is 10.0. The number of aliphatic hydroxyl groups is 2. The summed E-state index contributed by atoms with van der Waals surface area (Å²) in [5, 5.41) is 20.1. The molecule has 21 heavy (non-hydrogen) atoms. The van der Waals surface area contributed by atoms with Gasteiger partial charge < -0.3 is 25.8 Å². The molecule has 5 N–H and O–H groups in total. The molecule has 3 rings (SSSR count). The van der Waals surface area contributed by atoms with Crippen molar-refractivity contribution in [2.45, 2.75) is 24.7 Å². The Morgan fingerprint density at radius 3 is 2.71 bits per heavy atom. The lowest BCUT2D eigenvalue weighted by Gasteiger charge is -2.20. The number of rotatable bonds is 3. The van der Waals surface area contributed by atoms with Crippen molar-refractivity contribution in [3.05, 3.63) is 36.0 Å². The second-order valence-corrected chi connectivity index (χ2v) is 5.55. The van der Waals surface area contributed by atoms with Crippen LogP contribution in [0.4, 0.5) is 0 Å². The third-order valence-corrected chi connectivity index (χ3v) is 4.00. The van der Waals surface area contributed by atoms with Crippen LogP contribution in [0.2, 0.25) is 0 Å². The maximum atomic E-state index is 12.3. The van der Waals surface area contributed by atoms with E-state index in [-0.39, 0.29) is 19.0 Å². The molecule has 6 nitrogen and oxygen atoms in total. The summed E-state index contributed by atoms with van der Waals surface area (Å²) in [4.78, 5) is 16.8. The number of nitrogens with one attached hydrogen (secondary N) is 1. The molecule has 0 saturated carbocycles. The fourth-order valence-corrected chi connectivity index (χ4v) is 2.81. The number of β-amino-alcohol motifs (C(OH)–C–C–N with tert-alkyl or cyclic N) is 2. The fourth-order valence-electron chi connectivity index (χ4n) is 2.81. The largest absolute Gasteiger partial charge is 0.388 e. The van der Waals surface area contributed by atoms with Crippen LogP contribution in [-0.4, -0.2) is 57.3 Å². The third kappa shape index (κ3) is 2.65. The minimum absolute atomic E-state index is 0.140. The number of amides is 1. The summed E-state index contributed by atoms with van der Waals surface area (Å²) in [5.74, 6) is -0.240. The molecule has 1 amide bonds. The number of H-pyrrole nitrogens is 1. The predicted molar refractivity (Wildman–Crippen MR) is 78.6 cm³/mol. The van der Waals surface area contributed by atoms with Crippen LogP contribution < -0.4 is 5.73 Å². The molecular formula is C15H19N3O3. The summed E-state index contributed by atoms with van der Waals surface area (Å²) in [5.41, 5.74) is 8.01. The second-order valence-electron chi connectivity index (χ2n) is 5.55. The van der Waals surface area contributed by atoms with Gasteiger partial charge in [0.15, 0.2) is 0 Å². The fraction of sp³-hybridized carbons (Fsp3) is 0.400. The SMILES string of the molecule is N[C@H](Cc1c[nH]c2ccccc12)C(=O)N1C[C@@H](O)[C@@H](O)C1. The van der Waals surface area contributed by atoms with Crippen LogP contribution in [0.1, 0.15) is 5.56 Å². The Kier molecular flexibility index (Phi) is 3.67. The summed E-state index contributed by atoms with van der Waals surface area (Å²) in [6, 6.07) is 7.17. The molecule has 0 radical (unpaired) electrons. The summed E-state index contributed by atoms with van der Waals surface area (Å²) in [6.07, 6.45) is 0.528. The van der Waals surface area contributed by atoms with E-state index in [4.69, 9.17) is 5.73 Å². The topological polar surface area (TPSA) is 103 Å². The smallest absolute Gasteiger partial charge is 0.240 e. The van der Waals surface area contributed by atoms with E-state index < -0.39 is 18.2 Å². The van der Waals surface area contributed by atoms with Gasteiger partial charge in [-0.1, -0.05) is 18.2 Å². The first-order chi connectivity index (χ1) is 10.1. The number of aliphatic hydroxyl groups excluding tert-OH is 2. The van der Waals surface area contributed by atoms with Crippen LogP contribution in [0.15, 0.2) is 30.5 Å². The number of fused-ring (bicyclic) bond motifs is 1. The molecule has 0 spiro atoms. The van der Waals surface area contributed by atoms with Gasteiger partial charge in [-0.05, 0) is 18.1 Å². The average molecular weight is 289 g/mol. The highest BCUT2D eigenvalue weighted by Crippen LogP contribution is 2.20. The molecule has 1 aliphatic heterocycles. The van der Waals surface area contributed by atoms with Gasteiger partial charge in [0.25, 0.3) is 0 Å². The highest BCUT2D eigenvalue weighted by molar-refractivity contribution is 5.86. The van der Waals surface area contributed by atoms with Gasteiger partial charge in [-0.25, -0.2) is 0 Å². The van der Waals surface area contributed by atoms with Crippen LogP contribution in [0.3, 0.4) is 0 Å². The zero-order valence-electron chi connectivity index (χ0n) is 11.6. The number of aromatic amines is 1. The minimum Gasteiger partial charge on any atom is -0.388 e. The zero-order chi connectivity index (χ0) is 15.0. The van der Waals surface area contributed by atoms with Crippen molar-refractivity contribution in [3.8, 4) is 0 Å². The summed E-state index contributed by atoms with van der Waals surface area (Å²) < 4.78 is 0. The monoisotopic (exact) mass is 289 g/mol. The number of aromatic nitrogens is 1. The first-order valence-corrected chi connectivity index (χ1v) is 7.01. The van der Waals surface area contributed by atoms with Crippen LogP contribution >= 0.6 is 0 Å². The first-order valence-electron chi connectivity index (χ1n) is 7.01. The molecule has 1 aliphatic rings. The molecule has 0 unspecified atom stereocenters. The minimum atomic E-state index is -0.880. The van der Waals surface area contributed by atoms with E-state index in [0.717, 1.165) is 16.5 Å². The van der Waals surface area contributed by atoms with Gasteiger partial charge >= 0.3 is 0 Å². The van der Waals surface area contributed by atoms with Gasteiger partial charge in [-0.3, -0.25) is 4.79 Å². The molecule has 1 aromatic carbocycles. The number of hydrogen-bond acceptors (Lipinski definition) is 4. The Morgan fingerprint density at radius 2 is 2.00 bits per heavy atom. The van der Waals surface area contributed by atoms with E-state index in [1.165, 1.54) is 4.90 Å². The molecule has 2 heterocycles. The molecular weight excluding hydrogens is 270 g/mol. The second kappa shape index (κ2) is 5.48. The zero-order valence-corrected chi connectivity index (χ0v) is 11.6. The van der Waals surface area contributed by atoms with Crippen LogP contribution in [0.25, 0.3) is 10.9 Å². The molecule has 3 atom stereocenters. The van der Waals surface area contributed by atoms with Crippen molar-refractivity contribution in [2.24, 2.45) is 5.73 Å². The van der Waals surface area contributed by atoms with E-state index in [1.807, 2.05) is 30.5 Å². The van der Waals surface area contributed by atoms with Crippen LogP contribution in [-0.2, 0) is 11.2 Å². The molecule has 1 fully saturated rings. The number of likely N-dealkylation sites (tertiary alicyclic amines) is 1. The standard InChI is InChI=1S/C15H19N3O3/c16-11(15(21)18-7-13(19)14(20)8-18)5-9-6-17-12-4-2-1-3-10(9)12/h1-4,6,11,13-14,17,19-20H,5,7-8,16H2/t11-,13-,14+/m1/s1. The quantitative estimate of drug-likeness (QED) is 0.617. The van der Waals surface area contributed by atoms with E-state index in [2.05, 4.69) is 4.98 Å². The Hall–Kier alpha value is -1.89. The molecule has 1 saturated heterocycles. The molecule has 1 aromatic heterocycles. The number of benzene rings is 1. The van der Waals surface area contributed by atoms with E-state index in [9.17, 15) is 15.0 Å². The summed E-state index contributed by atoms with van der Waals surface area (Å²) >= 11 is 0. The summed E-state index contributed by atoms with van der Waals surface area (Å²) in [7, 11) is 0. The maximum Gasteiger partial charge on any atom is 0.240 e. The molecule has 0 bridgehead atoms. The van der Waals surface area contributed by atoms with Crippen molar-refractivity contribution in [2.75, 3.05) is 13.1 Å². The maximum absolute atomic E-state index is 12.3. The molecule has 2 aromatic rings. The Balaban J connectivity index is 1.71. The number of carbonyl (C=O) groups is 1. The van der Waals surface area contributed by atoms with Crippen LogP contribution in [0.5, 0.6) is 0 Å². The van der Waals surface area contributed by atoms with Gasteiger partial charge in [-0.2, -0.15) is 0 Å². The average Bonchev–Trinajstić information content (AvgIpc) is 3.03. The summed E-state index contributed by atoms with van der Waals surface area (Å²) in [6.45, 7) is 0.281. The Bertz CT molecular complexity index is 644. The number of nitrogens with zero attached hydrogens (tertiary/aromatic N) is 1. The molecule has 0 aliphatic carbocycles. The third-order valence-electron chi connectivity index (χ3n) is 4.00.